The second-order valence-electron chi connectivity index (χ2n) is 2.79. The molecule has 1 rings (SSSR count). The number of aryl methyl sites for hydroxylation is 2. The first-order valence-corrected chi connectivity index (χ1v) is 3.92. The summed E-state index contributed by atoms with van der Waals surface area (Å²) in [7, 11) is 0. The van der Waals surface area contributed by atoms with Gasteiger partial charge in [0.1, 0.15) is 6.04 Å². The zero-order valence-corrected chi connectivity index (χ0v) is 7.70. The van der Waals surface area contributed by atoms with Gasteiger partial charge in [-0.25, -0.2) is 5.43 Å². The fourth-order valence-electron chi connectivity index (χ4n) is 1.09. The Bertz CT molecular complexity index is 340. The average molecular weight is 176 g/mol. The van der Waals surface area contributed by atoms with Crippen molar-refractivity contribution in [3.8, 4) is 12.3 Å². The number of nitrogens with one attached hydrogen (secondary N) is 1. The molecule has 0 saturated carbocycles. The molecule has 0 saturated heterocycles. The van der Waals surface area contributed by atoms with Crippen molar-refractivity contribution in [1.82, 2.24) is 15.6 Å². The quantitative estimate of drug-likeness (QED) is 0.384. The molecule has 0 fully saturated rings. The predicted octanol–water partition coefficient (Wildman–Crippen LogP) is 0.231. The first kappa shape index (κ1) is 9.65. The summed E-state index contributed by atoms with van der Waals surface area (Å²) in [5, 5.41) is 7.86. The number of nitrogens with two attached hydrogens (primary N) is 1. The number of hydrogen-bond donors (Lipinski definition) is 2. The van der Waals surface area contributed by atoms with Gasteiger partial charge in [0.2, 0.25) is 0 Å². The lowest BCUT2D eigenvalue weighted by molar-refractivity contribution is 0.661. The summed E-state index contributed by atoms with van der Waals surface area (Å²) in [4.78, 5) is 0. The smallest absolute Gasteiger partial charge is 0.108 e. The van der Waals surface area contributed by atoms with E-state index in [1.54, 1.807) is 0 Å². The Morgan fingerprint density at radius 3 is 2.77 bits per heavy atom. The third-order valence-electron chi connectivity index (χ3n) is 1.78. The molecular weight excluding hydrogens is 164 g/mol. The maximum atomic E-state index is 5.29. The molecule has 68 valence electrons. The molecule has 0 amide bonds. The summed E-state index contributed by atoms with van der Waals surface area (Å²) in [6.07, 6.45) is 5.29. The molecule has 1 atom stereocenters. The van der Waals surface area contributed by atoms with Crippen molar-refractivity contribution >= 4 is 0 Å². The van der Waals surface area contributed by atoms with Gasteiger partial charge in [-0.15, -0.1) is 6.42 Å². The van der Waals surface area contributed by atoms with Gasteiger partial charge in [0.05, 0.1) is 11.4 Å². The van der Waals surface area contributed by atoms with Crippen LogP contribution in [0.5, 0.6) is 0 Å². The molecule has 4 nitrogen and oxygen atoms in total. The summed E-state index contributed by atoms with van der Waals surface area (Å²) in [6, 6.07) is 1.58. The third kappa shape index (κ3) is 2.02. The zero-order valence-electron chi connectivity index (χ0n) is 7.70. The summed E-state index contributed by atoms with van der Waals surface area (Å²) >= 11 is 0. The van der Waals surface area contributed by atoms with E-state index in [0.717, 1.165) is 17.0 Å². The monoisotopic (exact) mass is 176 g/mol. The Morgan fingerprint density at radius 2 is 2.23 bits per heavy atom. The van der Waals surface area contributed by atoms with Crippen LogP contribution in [0.4, 0.5) is 0 Å². The highest BCUT2D eigenvalue weighted by Crippen LogP contribution is 2.14. The highest BCUT2D eigenvalue weighted by Gasteiger charge is 2.10. The summed E-state index contributed by atoms with van der Waals surface area (Å²) < 4.78 is 0. The molecule has 0 aromatic carbocycles. The third-order valence-corrected chi connectivity index (χ3v) is 1.78. The van der Waals surface area contributed by atoms with E-state index in [1.165, 1.54) is 0 Å². The number of nitrogens with zero attached hydrogens (tertiary/aromatic N) is 2. The van der Waals surface area contributed by atoms with Crippen LogP contribution in [0.3, 0.4) is 0 Å². The van der Waals surface area contributed by atoms with E-state index in [9.17, 15) is 0 Å². The summed E-state index contributed by atoms with van der Waals surface area (Å²) in [5.74, 6) is 7.83. The van der Waals surface area contributed by atoms with Crippen LogP contribution >= 0.6 is 0 Å². The van der Waals surface area contributed by atoms with Gasteiger partial charge < -0.3 is 0 Å². The first-order valence-electron chi connectivity index (χ1n) is 3.92. The second-order valence-corrected chi connectivity index (χ2v) is 2.79. The maximum absolute atomic E-state index is 5.29. The van der Waals surface area contributed by atoms with Crippen LogP contribution in [-0.2, 0) is 0 Å². The van der Waals surface area contributed by atoms with Crippen molar-refractivity contribution in [1.29, 1.82) is 0 Å². The minimum absolute atomic E-state index is 0.297. The largest absolute Gasteiger partial charge is 0.270 e. The minimum atomic E-state index is -0.297. The highest BCUT2D eigenvalue weighted by molar-refractivity contribution is 5.29. The Kier molecular flexibility index (Phi) is 2.96. The van der Waals surface area contributed by atoms with Crippen molar-refractivity contribution in [2.24, 2.45) is 5.84 Å². The molecule has 13 heavy (non-hydrogen) atoms. The van der Waals surface area contributed by atoms with E-state index in [1.807, 2.05) is 19.9 Å². The molecule has 0 aliphatic carbocycles. The zero-order chi connectivity index (χ0) is 9.84. The van der Waals surface area contributed by atoms with E-state index < -0.39 is 0 Å². The van der Waals surface area contributed by atoms with E-state index in [2.05, 4.69) is 21.5 Å². The molecule has 0 radical (unpaired) electrons. The molecule has 4 heteroatoms. The van der Waals surface area contributed by atoms with Gasteiger partial charge in [-0.2, -0.15) is 10.2 Å². The van der Waals surface area contributed by atoms with Gasteiger partial charge in [-0.1, -0.05) is 5.92 Å². The van der Waals surface area contributed by atoms with E-state index >= 15 is 0 Å². The lowest BCUT2D eigenvalue weighted by atomic mass is 10.1. The molecular formula is C9H12N4. The molecule has 1 unspecified atom stereocenters. The van der Waals surface area contributed by atoms with Crippen LogP contribution in [0.15, 0.2) is 6.07 Å². The van der Waals surface area contributed by atoms with Gasteiger partial charge in [0.15, 0.2) is 0 Å². The van der Waals surface area contributed by atoms with Gasteiger partial charge in [0, 0.05) is 5.56 Å². The molecule has 0 aliphatic rings. The van der Waals surface area contributed by atoms with Gasteiger partial charge in [-0.05, 0) is 19.9 Å². The standard InChI is InChI=1S/C9H12N4/c1-4-9(11-10)8-5-6(2)12-13-7(8)3/h1,5,9,11H,10H2,2-3H3. The van der Waals surface area contributed by atoms with Crippen molar-refractivity contribution in [2.75, 3.05) is 0 Å². The fraction of sp³-hybridized carbons (Fsp3) is 0.333. The second kappa shape index (κ2) is 3.99. The van der Waals surface area contributed by atoms with Gasteiger partial charge in [0.25, 0.3) is 0 Å². The fourth-order valence-corrected chi connectivity index (χ4v) is 1.09. The molecule has 0 aliphatic heterocycles. The molecule has 1 heterocycles. The van der Waals surface area contributed by atoms with Crippen LogP contribution < -0.4 is 11.3 Å². The Labute approximate surface area is 77.5 Å². The molecule has 3 N–H and O–H groups in total. The summed E-state index contributed by atoms with van der Waals surface area (Å²) in [6.45, 7) is 3.71. The van der Waals surface area contributed by atoms with E-state index in [4.69, 9.17) is 12.3 Å². The average Bonchev–Trinajstić information content (AvgIpc) is 2.13. The molecule has 0 bridgehead atoms. The number of rotatable bonds is 2. The van der Waals surface area contributed by atoms with Crippen molar-refractivity contribution < 1.29 is 0 Å². The highest BCUT2D eigenvalue weighted by atomic mass is 15.2. The lowest BCUT2D eigenvalue weighted by Crippen LogP contribution is -2.27. The van der Waals surface area contributed by atoms with E-state index in [-0.39, 0.29) is 6.04 Å². The van der Waals surface area contributed by atoms with Crippen LogP contribution in [0.25, 0.3) is 0 Å². The maximum Gasteiger partial charge on any atom is 0.108 e. The van der Waals surface area contributed by atoms with Gasteiger partial charge in [-0.3, -0.25) is 5.84 Å². The number of hydrazine groups is 1. The normalized spacial score (nSPS) is 12.2. The van der Waals surface area contributed by atoms with Crippen molar-refractivity contribution in [3.63, 3.8) is 0 Å². The lowest BCUT2D eigenvalue weighted by Gasteiger charge is -2.11. The molecule has 1 aromatic rings. The predicted molar refractivity (Wildman–Crippen MR) is 50.4 cm³/mol. The van der Waals surface area contributed by atoms with E-state index in [0.29, 0.717) is 0 Å². The Hall–Kier alpha value is -1.44. The Morgan fingerprint density at radius 1 is 1.54 bits per heavy atom. The molecule has 1 aromatic heterocycles. The minimum Gasteiger partial charge on any atom is -0.270 e. The van der Waals surface area contributed by atoms with Crippen LogP contribution in [-0.4, -0.2) is 10.2 Å². The summed E-state index contributed by atoms with van der Waals surface area (Å²) in [5.41, 5.74) is 5.06. The SMILES string of the molecule is C#CC(NN)c1cc(C)nnc1C. The number of aromatic nitrogens is 2. The number of terminal acetylenes is 1. The van der Waals surface area contributed by atoms with Crippen LogP contribution in [0.2, 0.25) is 0 Å². The first-order chi connectivity index (χ1) is 6.19. The number of hydrogen-bond acceptors (Lipinski definition) is 4. The van der Waals surface area contributed by atoms with Gasteiger partial charge >= 0.3 is 0 Å². The van der Waals surface area contributed by atoms with Crippen molar-refractivity contribution in [2.45, 2.75) is 19.9 Å². The molecule has 0 spiro atoms. The topological polar surface area (TPSA) is 63.8 Å². The Balaban J connectivity index is 3.13. The van der Waals surface area contributed by atoms with Crippen LogP contribution in [0.1, 0.15) is 23.0 Å². The van der Waals surface area contributed by atoms with Crippen LogP contribution in [0, 0.1) is 26.2 Å². The van der Waals surface area contributed by atoms with Crippen molar-refractivity contribution in [3.05, 3.63) is 23.0 Å².